The first kappa shape index (κ1) is 18.1. The highest BCUT2D eigenvalue weighted by Crippen LogP contribution is 2.20. The Kier molecular flexibility index (Phi) is 5.24. The molecule has 4 rings (SSSR count). The van der Waals surface area contributed by atoms with Crippen molar-refractivity contribution in [2.24, 2.45) is 0 Å². The summed E-state index contributed by atoms with van der Waals surface area (Å²) in [6.45, 7) is 2.89. The van der Waals surface area contributed by atoms with Crippen LogP contribution in [0.15, 0.2) is 48.8 Å². The second-order valence-electron chi connectivity index (χ2n) is 7.10. The lowest BCUT2D eigenvalue weighted by molar-refractivity contribution is -0.131. The molecule has 0 unspecified atom stereocenters. The molecule has 1 N–H and O–H groups in total. The first-order valence-electron chi connectivity index (χ1n) is 9.68. The molecule has 6 nitrogen and oxygen atoms in total. The van der Waals surface area contributed by atoms with Crippen molar-refractivity contribution in [2.45, 2.75) is 19.3 Å². The van der Waals surface area contributed by atoms with Crippen LogP contribution in [0.5, 0.6) is 0 Å². The Balaban J connectivity index is 1.26. The molecule has 0 radical (unpaired) electrons. The molecule has 142 valence electrons. The second kappa shape index (κ2) is 8.13. The van der Waals surface area contributed by atoms with Crippen molar-refractivity contribution in [1.82, 2.24) is 14.9 Å². The highest BCUT2D eigenvalue weighted by Gasteiger charge is 2.21. The average molecular weight is 373 g/mol. The first-order valence-corrected chi connectivity index (χ1v) is 9.68. The quantitative estimate of drug-likeness (QED) is 0.746. The van der Waals surface area contributed by atoms with Gasteiger partial charge in [0.2, 0.25) is 5.91 Å². The molecule has 0 bridgehead atoms. The molecule has 3 heterocycles. The second-order valence-corrected chi connectivity index (χ2v) is 7.10. The van der Waals surface area contributed by atoms with Gasteiger partial charge in [0.1, 0.15) is 5.82 Å². The van der Waals surface area contributed by atoms with Crippen LogP contribution >= 0.6 is 0 Å². The number of H-pyrrole nitrogens is 1. The van der Waals surface area contributed by atoms with Gasteiger partial charge in [-0.15, -0.1) is 0 Å². The van der Waals surface area contributed by atoms with E-state index < -0.39 is 0 Å². The maximum Gasteiger partial charge on any atom is 0.222 e. The fraction of sp³-hybridized carbons (Fsp3) is 0.318. The van der Waals surface area contributed by atoms with Crippen molar-refractivity contribution in [3.05, 3.63) is 59.9 Å². The summed E-state index contributed by atoms with van der Waals surface area (Å²) in [5.41, 5.74) is 3.03. The summed E-state index contributed by atoms with van der Waals surface area (Å²) >= 11 is 0. The number of nitrogens with one attached hydrogen (secondary N) is 1. The molecule has 0 saturated carbocycles. The van der Waals surface area contributed by atoms with Crippen LogP contribution in [0, 0.1) is 11.3 Å². The number of hydrogen-bond donors (Lipinski definition) is 1. The van der Waals surface area contributed by atoms with Crippen LogP contribution in [-0.4, -0.2) is 47.0 Å². The van der Waals surface area contributed by atoms with Gasteiger partial charge in [0, 0.05) is 55.9 Å². The number of nitrogens with zero attached hydrogens (tertiary/aromatic N) is 4. The van der Waals surface area contributed by atoms with E-state index >= 15 is 0 Å². The van der Waals surface area contributed by atoms with Gasteiger partial charge in [0.15, 0.2) is 0 Å². The van der Waals surface area contributed by atoms with Crippen LogP contribution in [0.2, 0.25) is 0 Å². The average Bonchev–Trinajstić information content (AvgIpc) is 3.17. The molecule has 1 saturated heterocycles. The number of fused-ring (bicyclic) bond motifs is 1. The van der Waals surface area contributed by atoms with Crippen LogP contribution in [0.3, 0.4) is 0 Å². The van der Waals surface area contributed by atoms with Gasteiger partial charge in [-0.3, -0.25) is 4.79 Å². The molecular weight excluding hydrogens is 350 g/mol. The van der Waals surface area contributed by atoms with Crippen molar-refractivity contribution in [2.75, 3.05) is 31.1 Å². The number of para-hydroxylation sites is 1. The molecule has 0 aliphatic carbocycles. The van der Waals surface area contributed by atoms with E-state index in [1.165, 1.54) is 10.9 Å². The molecule has 0 spiro atoms. The number of benzene rings is 1. The zero-order chi connectivity index (χ0) is 19.3. The third kappa shape index (κ3) is 3.84. The summed E-state index contributed by atoms with van der Waals surface area (Å²) in [4.78, 5) is 24.3. The molecule has 1 aliphatic heterocycles. The van der Waals surface area contributed by atoms with Crippen molar-refractivity contribution >= 4 is 22.6 Å². The van der Waals surface area contributed by atoms with Crippen molar-refractivity contribution < 1.29 is 4.79 Å². The number of aryl methyl sites for hydroxylation is 1. The Morgan fingerprint density at radius 3 is 2.82 bits per heavy atom. The lowest BCUT2D eigenvalue weighted by Gasteiger charge is -2.35. The Hall–Kier alpha value is -3.33. The number of amides is 1. The van der Waals surface area contributed by atoms with Gasteiger partial charge in [-0.05, 0) is 36.6 Å². The highest BCUT2D eigenvalue weighted by molar-refractivity contribution is 5.83. The zero-order valence-electron chi connectivity index (χ0n) is 15.8. The Bertz CT molecular complexity index is 1010. The number of rotatable bonds is 5. The minimum Gasteiger partial charge on any atom is -0.361 e. The number of carbonyl (C=O) groups excluding carboxylic acids is 1. The van der Waals surface area contributed by atoms with Gasteiger partial charge in [-0.2, -0.15) is 5.26 Å². The standard InChI is InChI=1S/C22H23N5O/c23-15-17-8-9-24-21(14-17)26-10-12-27(13-11-26)22(28)7-3-4-18-16-25-20-6-2-1-5-19(18)20/h1-2,5-6,8-9,14,16,25H,3-4,7,10-13H2. The Morgan fingerprint density at radius 2 is 2.00 bits per heavy atom. The summed E-state index contributed by atoms with van der Waals surface area (Å²) in [6.07, 6.45) is 6.04. The summed E-state index contributed by atoms with van der Waals surface area (Å²) in [5, 5.41) is 10.3. The minimum absolute atomic E-state index is 0.221. The van der Waals surface area contributed by atoms with Crippen LogP contribution < -0.4 is 4.90 Å². The van der Waals surface area contributed by atoms with E-state index in [9.17, 15) is 4.79 Å². The van der Waals surface area contributed by atoms with Gasteiger partial charge in [0.25, 0.3) is 0 Å². The number of hydrogen-bond acceptors (Lipinski definition) is 4. The fourth-order valence-corrected chi connectivity index (χ4v) is 3.77. The van der Waals surface area contributed by atoms with Gasteiger partial charge < -0.3 is 14.8 Å². The number of nitriles is 1. The van der Waals surface area contributed by atoms with E-state index in [0.717, 1.165) is 37.3 Å². The van der Waals surface area contributed by atoms with E-state index in [1.54, 1.807) is 18.3 Å². The molecule has 0 atom stereocenters. The topological polar surface area (TPSA) is 76.0 Å². The molecule has 1 aliphatic rings. The first-order chi connectivity index (χ1) is 13.7. The normalized spacial score (nSPS) is 14.2. The fourth-order valence-electron chi connectivity index (χ4n) is 3.77. The molecule has 1 amide bonds. The maximum absolute atomic E-state index is 12.6. The van der Waals surface area contributed by atoms with Crippen LogP contribution in [0.4, 0.5) is 5.82 Å². The molecule has 1 aromatic carbocycles. The SMILES string of the molecule is N#Cc1ccnc(N2CCN(C(=O)CCCc3c[nH]c4ccccc34)CC2)c1. The van der Waals surface area contributed by atoms with Gasteiger partial charge in [-0.25, -0.2) is 4.98 Å². The van der Waals surface area contributed by atoms with Crippen LogP contribution in [0.25, 0.3) is 10.9 Å². The summed E-state index contributed by atoms with van der Waals surface area (Å²) < 4.78 is 0. The van der Waals surface area contributed by atoms with E-state index in [-0.39, 0.29) is 5.91 Å². The zero-order valence-corrected chi connectivity index (χ0v) is 15.8. The summed E-state index contributed by atoms with van der Waals surface area (Å²) in [7, 11) is 0. The van der Waals surface area contributed by atoms with Crippen molar-refractivity contribution in [1.29, 1.82) is 5.26 Å². The molecule has 3 aromatic rings. The molecule has 2 aromatic heterocycles. The van der Waals surface area contributed by atoms with Gasteiger partial charge in [-0.1, -0.05) is 18.2 Å². The highest BCUT2D eigenvalue weighted by atomic mass is 16.2. The maximum atomic E-state index is 12.6. The van der Waals surface area contributed by atoms with Crippen molar-refractivity contribution in [3.63, 3.8) is 0 Å². The smallest absolute Gasteiger partial charge is 0.222 e. The number of carbonyl (C=O) groups is 1. The van der Waals surface area contributed by atoms with E-state index in [0.29, 0.717) is 25.1 Å². The van der Waals surface area contributed by atoms with Gasteiger partial charge >= 0.3 is 0 Å². The van der Waals surface area contributed by atoms with Crippen LogP contribution in [0.1, 0.15) is 24.0 Å². The minimum atomic E-state index is 0.221. The lowest BCUT2D eigenvalue weighted by Crippen LogP contribution is -2.49. The predicted molar refractivity (Wildman–Crippen MR) is 109 cm³/mol. The predicted octanol–water partition coefficient (Wildman–Crippen LogP) is 3.11. The number of aromatic nitrogens is 2. The largest absolute Gasteiger partial charge is 0.361 e. The lowest BCUT2D eigenvalue weighted by atomic mass is 10.1. The Labute approximate surface area is 164 Å². The number of aromatic amines is 1. The van der Waals surface area contributed by atoms with Gasteiger partial charge in [0.05, 0.1) is 11.6 Å². The third-order valence-electron chi connectivity index (χ3n) is 5.34. The number of piperazine rings is 1. The van der Waals surface area contributed by atoms with Crippen molar-refractivity contribution in [3.8, 4) is 6.07 Å². The van der Waals surface area contributed by atoms with E-state index in [2.05, 4.69) is 39.3 Å². The van der Waals surface area contributed by atoms with E-state index in [1.807, 2.05) is 17.0 Å². The molecule has 28 heavy (non-hydrogen) atoms. The van der Waals surface area contributed by atoms with E-state index in [4.69, 9.17) is 5.26 Å². The summed E-state index contributed by atoms with van der Waals surface area (Å²) in [6, 6.07) is 13.9. The third-order valence-corrected chi connectivity index (χ3v) is 5.34. The molecule has 1 fully saturated rings. The molecule has 6 heteroatoms. The monoisotopic (exact) mass is 373 g/mol. The Morgan fingerprint density at radius 1 is 1.18 bits per heavy atom. The number of anilines is 1. The molecular formula is C22H23N5O. The number of pyridine rings is 1. The summed E-state index contributed by atoms with van der Waals surface area (Å²) in [5.74, 6) is 1.03. The van der Waals surface area contributed by atoms with Crippen LogP contribution in [-0.2, 0) is 11.2 Å².